The van der Waals surface area contributed by atoms with E-state index < -0.39 is 7.82 Å². The van der Waals surface area contributed by atoms with E-state index in [4.69, 9.17) is 41.5 Å². The number of phosphoric ester groups is 1. The molecule has 2 aromatic carbocycles. The molecular formula is C18H21Cl2O5P. The summed E-state index contributed by atoms with van der Waals surface area (Å²) >= 11 is 12.2. The highest BCUT2D eigenvalue weighted by molar-refractivity contribution is 7.49. The summed E-state index contributed by atoms with van der Waals surface area (Å²) in [5, 5.41) is 0.580. The topological polar surface area (TPSA) is 54.0 Å². The van der Waals surface area contributed by atoms with Gasteiger partial charge < -0.3 is 13.8 Å². The lowest BCUT2D eigenvalue weighted by atomic mass is 10.3. The number of hydrogen-bond donors (Lipinski definition) is 0. The number of halogens is 2. The zero-order chi connectivity index (χ0) is 18.8. The molecule has 0 aliphatic heterocycles. The van der Waals surface area contributed by atoms with Gasteiger partial charge in [0.2, 0.25) is 0 Å². The summed E-state index contributed by atoms with van der Waals surface area (Å²) in [5.74, 6) is 0.382. The molecular weight excluding hydrogens is 398 g/mol. The van der Waals surface area contributed by atoms with Crippen LogP contribution in [0.1, 0.15) is 19.8 Å². The van der Waals surface area contributed by atoms with E-state index in [0.717, 1.165) is 12.8 Å². The van der Waals surface area contributed by atoms with E-state index in [9.17, 15) is 4.57 Å². The Bertz CT molecular complexity index is 690. The Hall–Kier alpha value is -1.23. The number of para-hydroxylation sites is 2. The van der Waals surface area contributed by atoms with Crippen molar-refractivity contribution in [1.82, 2.24) is 0 Å². The van der Waals surface area contributed by atoms with Crippen molar-refractivity contribution in [1.29, 1.82) is 0 Å². The minimum atomic E-state index is -4.02. The first kappa shape index (κ1) is 21.1. The van der Waals surface area contributed by atoms with Gasteiger partial charge in [0.05, 0.1) is 23.3 Å². The van der Waals surface area contributed by atoms with Crippen LogP contribution in [-0.2, 0) is 13.8 Å². The summed E-state index contributed by atoms with van der Waals surface area (Å²) in [7, 11) is -4.02. The normalized spacial score (nSPS) is 11.3. The smallest absolute Gasteiger partial charge is 0.393 e. The molecule has 0 spiro atoms. The van der Waals surface area contributed by atoms with E-state index in [1.807, 2.05) is 0 Å². The van der Waals surface area contributed by atoms with Crippen LogP contribution in [0.15, 0.2) is 48.5 Å². The minimum absolute atomic E-state index is 0.0376. The molecule has 2 aromatic rings. The molecule has 0 saturated heterocycles. The fourth-order valence-corrected chi connectivity index (χ4v) is 3.60. The third-order valence-electron chi connectivity index (χ3n) is 3.21. The van der Waals surface area contributed by atoms with Gasteiger partial charge in [-0.05, 0) is 30.7 Å². The summed E-state index contributed by atoms with van der Waals surface area (Å²) < 4.78 is 34.9. The van der Waals surface area contributed by atoms with E-state index in [1.165, 1.54) is 0 Å². The molecule has 8 heteroatoms. The number of ether oxygens (including phenoxy) is 1. The molecule has 0 N–H and O–H groups in total. The van der Waals surface area contributed by atoms with E-state index in [-0.39, 0.29) is 24.7 Å². The predicted molar refractivity (Wildman–Crippen MR) is 103 cm³/mol. The zero-order valence-corrected chi connectivity index (χ0v) is 16.8. The first-order chi connectivity index (χ1) is 12.5. The Morgan fingerprint density at radius 1 is 0.846 bits per heavy atom. The largest absolute Gasteiger partial charge is 0.587 e. The Morgan fingerprint density at radius 3 is 1.88 bits per heavy atom. The predicted octanol–water partition coefficient (Wildman–Crippen LogP) is 6.39. The van der Waals surface area contributed by atoms with Gasteiger partial charge in [-0.1, -0.05) is 60.8 Å². The van der Waals surface area contributed by atoms with Crippen molar-refractivity contribution in [3.05, 3.63) is 58.6 Å². The lowest BCUT2D eigenvalue weighted by molar-refractivity contribution is 0.0866. The molecule has 0 saturated carbocycles. The lowest BCUT2D eigenvalue weighted by Gasteiger charge is -2.20. The van der Waals surface area contributed by atoms with Crippen molar-refractivity contribution < 1.29 is 22.9 Å². The van der Waals surface area contributed by atoms with Crippen LogP contribution in [-0.4, -0.2) is 19.8 Å². The van der Waals surface area contributed by atoms with Gasteiger partial charge in [-0.25, -0.2) is 4.57 Å². The number of unbranched alkanes of at least 4 members (excludes halogenated alkanes) is 1. The van der Waals surface area contributed by atoms with Gasteiger partial charge >= 0.3 is 7.82 Å². The van der Waals surface area contributed by atoms with Crippen LogP contribution in [0.3, 0.4) is 0 Å². The van der Waals surface area contributed by atoms with Crippen LogP contribution in [0.4, 0.5) is 0 Å². The third kappa shape index (κ3) is 6.82. The molecule has 0 fully saturated rings. The van der Waals surface area contributed by atoms with Crippen LogP contribution in [0.5, 0.6) is 11.5 Å². The van der Waals surface area contributed by atoms with Crippen molar-refractivity contribution in [2.75, 3.05) is 19.8 Å². The minimum Gasteiger partial charge on any atom is -0.393 e. The second kappa shape index (κ2) is 10.8. The molecule has 5 nitrogen and oxygen atoms in total. The molecule has 0 aliphatic rings. The second-order valence-corrected chi connectivity index (χ2v) is 7.62. The van der Waals surface area contributed by atoms with Gasteiger partial charge in [0.25, 0.3) is 0 Å². The average molecular weight is 419 g/mol. The average Bonchev–Trinajstić information content (AvgIpc) is 2.62. The molecule has 0 unspecified atom stereocenters. The quantitative estimate of drug-likeness (QED) is 0.312. The monoisotopic (exact) mass is 418 g/mol. The van der Waals surface area contributed by atoms with Crippen LogP contribution in [0, 0.1) is 0 Å². The molecule has 26 heavy (non-hydrogen) atoms. The molecule has 0 aromatic heterocycles. The molecule has 142 valence electrons. The Balaban J connectivity index is 2.08. The highest BCUT2D eigenvalue weighted by atomic mass is 35.5. The van der Waals surface area contributed by atoms with Crippen molar-refractivity contribution in [3.63, 3.8) is 0 Å². The van der Waals surface area contributed by atoms with Crippen LogP contribution < -0.4 is 9.05 Å². The fourth-order valence-electron chi connectivity index (χ4n) is 1.91. The summed E-state index contributed by atoms with van der Waals surface area (Å²) in [4.78, 5) is 0. The molecule has 0 amide bonds. The number of rotatable bonds is 11. The van der Waals surface area contributed by atoms with Gasteiger partial charge in [0.1, 0.15) is 0 Å². The second-order valence-electron chi connectivity index (χ2n) is 5.29. The number of hydrogen-bond acceptors (Lipinski definition) is 5. The number of benzene rings is 2. The van der Waals surface area contributed by atoms with Gasteiger partial charge in [-0.2, -0.15) is 0 Å². The van der Waals surface area contributed by atoms with E-state index >= 15 is 0 Å². The fraction of sp³-hybridized carbons (Fsp3) is 0.333. The maximum absolute atomic E-state index is 13.1. The van der Waals surface area contributed by atoms with E-state index in [0.29, 0.717) is 16.7 Å². The molecule has 0 aliphatic carbocycles. The van der Waals surface area contributed by atoms with Crippen LogP contribution >= 0.6 is 31.0 Å². The van der Waals surface area contributed by atoms with Gasteiger partial charge in [0.15, 0.2) is 11.5 Å². The third-order valence-corrected chi connectivity index (χ3v) is 5.18. The molecule has 0 radical (unpaired) electrons. The first-order valence-electron chi connectivity index (χ1n) is 8.24. The van der Waals surface area contributed by atoms with E-state index in [1.54, 1.807) is 48.5 Å². The molecule has 2 rings (SSSR count). The number of phosphoric acid groups is 1. The summed E-state index contributed by atoms with van der Waals surface area (Å²) in [6.07, 6.45) is 1.98. The standard InChI is InChI=1S/C18H21Cl2O5P/c1-2-3-12-22-13-14-23-26(21,24-17-10-6-4-8-15(17)19)25-18-11-7-5-9-16(18)20/h4-11H,2-3,12-14H2,1H3. The van der Waals surface area contributed by atoms with Crippen molar-refractivity contribution >= 4 is 31.0 Å². The highest BCUT2D eigenvalue weighted by Crippen LogP contribution is 2.51. The van der Waals surface area contributed by atoms with Gasteiger partial charge in [0, 0.05) is 6.61 Å². The Labute approximate surface area is 163 Å². The van der Waals surface area contributed by atoms with Crippen LogP contribution in [0.2, 0.25) is 10.0 Å². The molecule has 0 bridgehead atoms. The van der Waals surface area contributed by atoms with Gasteiger partial charge in [-0.3, -0.25) is 4.52 Å². The first-order valence-corrected chi connectivity index (χ1v) is 10.5. The van der Waals surface area contributed by atoms with E-state index in [2.05, 4.69) is 6.92 Å². The highest BCUT2D eigenvalue weighted by Gasteiger charge is 2.32. The zero-order valence-electron chi connectivity index (χ0n) is 14.4. The van der Waals surface area contributed by atoms with Crippen LogP contribution in [0.25, 0.3) is 0 Å². The summed E-state index contributed by atoms with van der Waals surface area (Å²) in [5.41, 5.74) is 0. The Kier molecular flexibility index (Phi) is 8.76. The summed E-state index contributed by atoms with van der Waals surface area (Å²) in [6, 6.07) is 13.3. The van der Waals surface area contributed by atoms with Crippen molar-refractivity contribution in [2.45, 2.75) is 19.8 Å². The van der Waals surface area contributed by atoms with Crippen molar-refractivity contribution in [2.24, 2.45) is 0 Å². The maximum Gasteiger partial charge on any atom is 0.587 e. The SMILES string of the molecule is CCCCOCCOP(=O)(Oc1ccccc1Cl)Oc1ccccc1Cl. The lowest BCUT2D eigenvalue weighted by Crippen LogP contribution is -2.10. The molecule has 0 atom stereocenters. The summed E-state index contributed by atoms with van der Waals surface area (Å²) in [6.45, 7) is 2.99. The Morgan fingerprint density at radius 2 is 1.38 bits per heavy atom. The van der Waals surface area contributed by atoms with Crippen molar-refractivity contribution in [3.8, 4) is 11.5 Å². The van der Waals surface area contributed by atoms with Gasteiger partial charge in [-0.15, -0.1) is 0 Å². The molecule has 0 heterocycles. The maximum atomic E-state index is 13.1.